The minimum Gasteiger partial charge on any atom is -0.466 e. The highest BCUT2D eigenvalue weighted by Gasteiger charge is 2.66. The number of primary amides is 1. The number of aliphatic hydroxyl groups is 2. The second-order valence-corrected chi connectivity index (χ2v) is 27.3. The Morgan fingerprint density at radius 1 is 0.740 bits per heavy atom. The second-order valence-electron chi connectivity index (χ2n) is 24.9. The number of ether oxygens (including phenoxy) is 2. The van der Waals surface area contributed by atoms with Crippen LogP contribution in [0.15, 0.2) is 0 Å². The molecule has 0 rings (SSSR count). The number of nitrogens with two attached hydrogens (primary N) is 1. The lowest BCUT2D eigenvalue weighted by atomic mass is 9.42. The van der Waals surface area contributed by atoms with Crippen molar-refractivity contribution in [1.29, 1.82) is 0 Å². The molecule has 17 nitrogen and oxygen atoms in total. The number of hydrogen-bond acceptors (Lipinski definition) is 12. The van der Waals surface area contributed by atoms with E-state index in [0.29, 0.717) is 55.1 Å². The quantitative estimate of drug-likeness (QED) is 0.00852. The van der Waals surface area contributed by atoms with Crippen LogP contribution in [-0.4, -0.2) is 160 Å². The van der Waals surface area contributed by atoms with E-state index in [-0.39, 0.29) is 55.9 Å². The lowest BCUT2D eigenvalue weighted by Gasteiger charge is -2.61. The monoisotopic (exact) mass is 1170 g/mol. The Kier molecular flexibility index (Phi) is 46.1. The molecule has 0 aromatic rings. The smallest absolute Gasteiger partial charge is 0.324 e. The van der Waals surface area contributed by atoms with E-state index in [4.69, 9.17) is 34.3 Å². The van der Waals surface area contributed by atoms with Crippen LogP contribution in [-0.2, 0) is 43.3 Å². The Labute approximate surface area is 479 Å². The lowest BCUT2D eigenvalue weighted by Crippen LogP contribution is -2.62. The van der Waals surface area contributed by atoms with Crippen molar-refractivity contribution in [2.24, 2.45) is 56.0 Å². The Morgan fingerprint density at radius 3 is 1.58 bits per heavy atom. The van der Waals surface area contributed by atoms with Crippen molar-refractivity contribution < 1.29 is 70.3 Å². The molecule has 0 spiro atoms. The van der Waals surface area contributed by atoms with Gasteiger partial charge in [-0.3, -0.25) is 23.7 Å². The number of likely N-dealkylation sites (N-methyl/N-ethyl adjacent to an activating group) is 1. The SMILES string of the molecule is CC.CC.CCCC(S)CCCCC(N)=O.CCOC(=O)C(C(C)C(C)(C)C(C)(CC(C)C)C(=O)NCCC[N+](C)(C)CCCS(=O)(=O)O)C(C)(C)C(C)(C)C(C)(C(=O)OCCO)C(C)(C)C.C[N+](C)(C)CCO.O=PO. The highest BCUT2D eigenvalue weighted by Crippen LogP contribution is 2.65. The molecule has 0 bridgehead atoms. The fourth-order valence-electron chi connectivity index (χ4n) is 9.70. The van der Waals surface area contributed by atoms with Crippen LogP contribution in [0.5, 0.6) is 0 Å². The number of nitrogens with one attached hydrogen (secondary N) is 1. The van der Waals surface area contributed by atoms with Crippen LogP contribution in [0.25, 0.3) is 0 Å². The summed E-state index contributed by atoms with van der Waals surface area (Å²) in [5.41, 5.74) is -0.0831. The van der Waals surface area contributed by atoms with Gasteiger partial charge in [-0.2, -0.15) is 21.0 Å². The first-order chi connectivity index (χ1) is 34.9. The van der Waals surface area contributed by atoms with Gasteiger partial charge in [0.25, 0.3) is 10.1 Å². The number of rotatable bonds is 31. The van der Waals surface area contributed by atoms with Crippen LogP contribution < -0.4 is 11.1 Å². The molecule has 77 heavy (non-hydrogen) atoms. The molecule has 0 aromatic carbocycles. The molecule has 5 atom stereocenters. The zero-order valence-corrected chi connectivity index (χ0v) is 56.4. The van der Waals surface area contributed by atoms with Crippen LogP contribution in [0.2, 0.25) is 0 Å². The zero-order chi connectivity index (χ0) is 62.7. The predicted molar refractivity (Wildman–Crippen MR) is 322 cm³/mol. The first kappa shape index (κ1) is 86.3. The lowest BCUT2D eigenvalue weighted by molar-refractivity contribution is -0.890. The molecular formula is C57H123N4O13PS2+2. The maximum atomic E-state index is 14.4. The van der Waals surface area contributed by atoms with Crippen LogP contribution in [0.3, 0.4) is 0 Å². The summed E-state index contributed by atoms with van der Waals surface area (Å²) < 4.78 is 52.7. The standard InChI is InChI=1S/C39H76N2O9S.C9H19NOS.C5H14NO.2C2H6.HO2P/c1-18-49-31(43)30(36(10,11)37(12,13)39(15,34(5,6)7)33(45)50-25-24-42)29(4)35(8,9)38(14,27-28(2)3)32(44)40-21-19-22-41(16,17)23-20-26-51(46,47)48;1-2-5-8(12)6-3-4-7-9(10)11;1-6(2,3)4-5-7;2*1-2;1-3-2/h28-30,42H,18-27H2,1-17H3,(H-,40,44,46,47,48);8,12H,2-7H2,1H3,(H2,10,11);7H,4-5H2,1-3H3;2*1-2H3;(H,1,2)/q;;+1;;;/p+1. The fraction of sp³-hybridized carbons (Fsp3) is 0.930. The van der Waals surface area contributed by atoms with Gasteiger partial charge in [-0.15, -0.1) is 0 Å². The van der Waals surface area contributed by atoms with Gasteiger partial charge < -0.3 is 44.6 Å². The van der Waals surface area contributed by atoms with Crippen molar-refractivity contribution >= 4 is 55.2 Å². The van der Waals surface area contributed by atoms with E-state index in [0.717, 1.165) is 30.3 Å². The van der Waals surface area contributed by atoms with Crippen LogP contribution in [0.4, 0.5) is 0 Å². The van der Waals surface area contributed by atoms with Gasteiger partial charge >= 0.3 is 20.6 Å². The molecule has 7 N–H and O–H groups in total. The third-order valence-corrected chi connectivity index (χ3v) is 17.1. The van der Waals surface area contributed by atoms with Gasteiger partial charge in [0.05, 0.1) is 90.6 Å². The number of aliphatic hydroxyl groups excluding tert-OH is 2. The van der Waals surface area contributed by atoms with Gasteiger partial charge in [-0.1, -0.05) is 137 Å². The number of quaternary nitrogens is 2. The van der Waals surface area contributed by atoms with Crippen LogP contribution >= 0.6 is 21.3 Å². The second kappa shape index (κ2) is 41.1. The minimum absolute atomic E-state index is 0.100. The summed E-state index contributed by atoms with van der Waals surface area (Å²) in [7, 11) is 5.30. The Hall–Kier alpha value is -1.96. The van der Waals surface area contributed by atoms with Crippen LogP contribution in [0.1, 0.15) is 196 Å². The Balaban J connectivity index is -0.000000396. The number of thiol groups is 1. The molecule has 0 fully saturated rings. The largest absolute Gasteiger partial charge is 0.466 e. The normalized spacial score (nSPS) is 14.9. The molecule has 0 aliphatic heterocycles. The van der Waals surface area contributed by atoms with Gasteiger partial charge in [0.1, 0.15) is 13.2 Å². The maximum absolute atomic E-state index is 14.4. The third-order valence-electron chi connectivity index (χ3n) is 15.8. The number of nitrogens with zero attached hydrogens (tertiary/aromatic N) is 2. The summed E-state index contributed by atoms with van der Waals surface area (Å²) in [6.07, 6.45) is 7.53. The van der Waals surface area contributed by atoms with Crippen molar-refractivity contribution in [3.63, 3.8) is 0 Å². The summed E-state index contributed by atoms with van der Waals surface area (Å²) in [6, 6.07) is 0. The van der Waals surface area contributed by atoms with E-state index < -0.39 is 69.1 Å². The Morgan fingerprint density at radius 2 is 1.22 bits per heavy atom. The van der Waals surface area contributed by atoms with Gasteiger partial charge in [-0.25, -0.2) is 4.57 Å². The molecule has 0 saturated heterocycles. The van der Waals surface area contributed by atoms with Crippen molar-refractivity contribution in [3.8, 4) is 0 Å². The summed E-state index contributed by atoms with van der Waals surface area (Å²) >= 11 is 4.42. The summed E-state index contributed by atoms with van der Waals surface area (Å²) in [5, 5.41) is 21.6. The first-order valence-electron chi connectivity index (χ1n) is 28.2. The fourth-order valence-corrected chi connectivity index (χ4v) is 10.6. The van der Waals surface area contributed by atoms with Crippen molar-refractivity contribution in [2.45, 2.75) is 202 Å². The Bertz CT molecular complexity index is 1720. The number of hydrogen-bond donors (Lipinski definition) is 7. The average molecular weight is 1170 g/mol. The molecule has 20 heteroatoms. The average Bonchev–Trinajstić information content (AvgIpc) is 3.28. The molecule has 2 amide bonds. The minimum atomic E-state index is -4.01. The van der Waals surface area contributed by atoms with Crippen molar-refractivity contribution in [3.05, 3.63) is 0 Å². The molecule has 0 saturated carbocycles. The molecule has 464 valence electrons. The molecule has 0 radical (unpaired) electrons. The third kappa shape index (κ3) is 32.9. The highest BCUT2D eigenvalue weighted by atomic mass is 32.2. The van der Waals surface area contributed by atoms with Gasteiger partial charge in [-0.05, 0) is 73.0 Å². The number of amides is 2. The van der Waals surface area contributed by atoms with Gasteiger partial charge in [0.15, 0.2) is 0 Å². The van der Waals surface area contributed by atoms with E-state index >= 15 is 0 Å². The number of esters is 2. The topological polar surface area (TPSA) is 257 Å². The van der Waals surface area contributed by atoms with E-state index in [1.807, 2.05) is 111 Å². The summed E-state index contributed by atoms with van der Waals surface area (Å²) in [5.74, 6) is -2.35. The van der Waals surface area contributed by atoms with Gasteiger partial charge in [0.2, 0.25) is 11.8 Å². The highest BCUT2D eigenvalue weighted by molar-refractivity contribution is 7.85. The molecule has 0 heterocycles. The van der Waals surface area contributed by atoms with Crippen LogP contribution in [0, 0.1) is 50.2 Å². The molecule has 0 aromatic heterocycles. The first-order valence-corrected chi connectivity index (χ1v) is 31.1. The zero-order valence-electron chi connectivity index (χ0n) is 53.8. The summed E-state index contributed by atoms with van der Waals surface area (Å²) in [6.45, 7) is 42.7. The molecule has 0 aliphatic carbocycles. The van der Waals surface area contributed by atoms with E-state index in [1.54, 1.807) is 6.92 Å². The number of carbonyl (C=O) groups excluding carboxylic acids is 4. The van der Waals surface area contributed by atoms with E-state index in [1.165, 1.54) is 12.8 Å². The summed E-state index contributed by atoms with van der Waals surface area (Å²) in [4.78, 5) is 60.0. The molecule has 5 unspecified atom stereocenters. The maximum Gasteiger partial charge on any atom is 0.324 e. The predicted octanol–water partition coefficient (Wildman–Crippen LogP) is 10.4. The van der Waals surface area contributed by atoms with Crippen molar-refractivity contribution in [1.82, 2.24) is 5.32 Å². The van der Waals surface area contributed by atoms with E-state index in [2.05, 4.69) is 73.7 Å². The van der Waals surface area contributed by atoms with E-state index in [9.17, 15) is 32.7 Å². The number of unbranched alkanes of at least 4 members (excludes halogenated alkanes) is 1. The molecule has 0 aliphatic rings. The van der Waals surface area contributed by atoms with Crippen molar-refractivity contribution in [2.75, 3.05) is 93.6 Å². The van der Waals surface area contributed by atoms with Gasteiger partial charge in [0, 0.05) is 31.1 Å². The number of carbonyl (C=O) groups is 4. The molecular weight excluding hydrogens is 1040 g/mol.